The molecule has 7 nitrogen and oxygen atoms in total. The molecule has 0 aliphatic carbocycles. The molecule has 1 aliphatic heterocycles. The summed E-state index contributed by atoms with van der Waals surface area (Å²) in [4.78, 5) is 18.0. The molecule has 0 saturated carbocycles. The number of nitrogens with zero attached hydrogens (tertiary/aromatic N) is 4. The summed E-state index contributed by atoms with van der Waals surface area (Å²) in [7, 11) is 1.73. The van der Waals surface area contributed by atoms with Gasteiger partial charge in [0.05, 0.1) is 17.4 Å². The summed E-state index contributed by atoms with van der Waals surface area (Å²) in [5.74, 6) is 1.22. The van der Waals surface area contributed by atoms with Crippen molar-refractivity contribution in [2.75, 3.05) is 18.7 Å². The molecule has 0 atom stereocenters. The van der Waals surface area contributed by atoms with E-state index in [1.54, 1.807) is 18.0 Å². The number of hydrogen-bond acceptors (Lipinski definition) is 6. The molecular formula is C19H14ClF3N4O3. The standard InChI is InChI=1S/C19H14ClF3N4O3/c1-26(9-11-2-4-14-15(6-11)30-10-29-14)13-8-25-27(18(28)17(13)20)16-5-3-12(7-24-16)19(21,22)23/h2-8H,9-10H2,1H3. The number of hydrogen-bond donors (Lipinski definition) is 0. The molecule has 11 heteroatoms. The van der Waals surface area contributed by atoms with Crippen molar-refractivity contribution in [1.29, 1.82) is 0 Å². The van der Waals surface area contributed by atoms with Crippen LogP contribution in [0.2, 0.25) is 5.02 Å². The second-order valence-corrected chi connectivity index (χ2v) is 6.89. The molecule has 3 aromatic rings. The van der Waals surface area contributed by atoms with E-state index in [0.29, 0.717) is 29.9 Å². The molecule has 1 aliphatic rings. The topological polar surface area (TPSA) is 69.5 Å². The Labute approximate surface area is 173 Å². The Bertz CT molecular complexity index is 1150. The number of halogens is 4. The van der Waals surface area contributed by atoms with E-state index in [0.717, 1.165) is 22.4 Å². The maximum Gasteiger partial charge on any atom is 0.417 e. The van der Waals surface area contributed by atoms with Gasteiger partial charge in [0.2, 0.25) is 6.79 Å². The highest BCUT2D eigenvalue weighted by molar-refractivity contribution is 6.33. The Morgan fingerprint density at radius 2 is 1.93 bits per heavy atom. The van der Waals surface area contributed by atoms with Crippen molar-refractivity contribution in [3.63, 3.8) is 0 Å². The summed E-state index contributed by atoms with van der Waals surface area (Å²) in [6.07, 6.45) is -2.53. The van der Waals surface area contributed by atoms with Crippen molar-refractivity contribution in [2.45, 2.75) is 12.7 Å². The Morgan fingerprint density at radius 1 is 1.17 bits per heavy atom. The largest absolute Gasteiger partial charge is 0.454 e. The van der Waals surface area contributed by atoms with Gasteiger partial charge in [0, 0.05) is 19.8 Å². The maximum atomic E-state index is 12.7. The summed E-state index contributed by atoms with van der Waals surface area (Å²) < 4.78 is 49.6. The first kappa shape index (κ1) is 20.0. The molecule has 0 amide bonds. The second-order valence-electron chi connectivity index (χ2n) is 6.51. The first-order valence-electron chi connectivity index (χ1n) is 8.65. The third-order valence-corrected chi connectivity index (χ3v) is 4.82. The molecule has 0 unspecified atom stereocenters. The monoisotopic (exact) mass is 438 g/mol. The summed E-state index contributed by atoms with van der Waals surface area (Å²) in [5, 5.41) is 3.88. The molecule has 3 heterocycles. The van der Waals surface area contributed by atoms with Crippen LogP contribution in [0.25, 0.3) is 5.82 Å². The first-order valence-corrected chi connectivity index (χ1v) is 9.03. The lowest BCUT2D eigenvalue weighted by Crippen LogP contribution is -2.26. The number of pyridine rings is 1. The van der Waals surface area contributed by atoms with E-state index in [-0.39, 0.29) is 17.6 Å². The lowest BCUT2D eigenvalue weighted by molar-refractivity contribution is -0.137. The van der Waals surface area contributed by atoms with Crippen molar-refractivity contribution >= 4 is 17.3 Å². The third-order valence-electron chi connectivity index (χ3n) is 4.46. The van der Waals surface area contributed by atoms with Crippen LogP contribution in [0.3, 0.4) is 0 Å². The van der Waals surface area contributed by atoms with Gasteiger partial charge in [-0.25, -0.2) is 4.98 Å². The van der Waals surface area contributed by atoms with E-state index in [1.165, 1.54) is 6.20 Å². The number of alkyl halides is 3. The summed E-state index contributed by atoms with van der Waals surface area (Å²) >= 11 is 6.24. The maximum absolute atomic E-state index is 12.7. The van der Waals surface area contributed by atoms with Gasteiger partial charge in [-0.3, -0.25) is 4.79 Å². The van der Waals surface area contributed by atoms with E-state index in [2.05, 4.69) is 10.1 Å². The van der Waals surface area contributed by atoms with E-state index < -0.39 is 17.3 Å². The SMILES string of the molecule is CN(Cc1ccc2c(c1)OCO2)c1cnn(-c2ccc(C(F)(F)F)cn2)c(=O)c1Cl. The van der Waals surface area contributed by atoms with Crippen LogP contribution in [-0.4, -0.2) is 28.6 Å². The van der Waals surface area contributed by atoms with Crippen LogP contribution in [-0.2, 0) is 12.7 Å². The van der Waals surface area contributed by atoms with Crippen LogP contribution < -0.4 is 19.9 Å². The highest BCUT2D eigenvalue weighted by Gasteiger charge is 2.30. The van der Waals surface area contributed by atoms with Crippen LogP contribution in [0.4, 0.5) is 18.9 Å². The highest BCUT2D eigenvalue weighted by atomic mass is 35.5. The summed E-state index contributed by atoms with van der Waals surface area (Å²) in [6.45, 7) is 0.570. The molecule has 0 radical (unpaired) electrons. The lowest BCUT2D eigenvalue weighted by Gasteiger charge is -2.20. The fourth-order valence-electron chi connectivity index (χ4n) is 2.93. The fourth-order valence-corrected chi connectivity index (χ4v) is 3.20. The molecule has 0 fully saturated rings. The summed E-state index contributed by atoms with van der Waals surface area (Å²) in [5.41, 5.74) is -0.363. The smallest absolute Gasteiger partial charge is 0.417 e. The van der Waals surface area contributed by atoms with Crippen molar-refractivity contribution in [2.24, 2.45) is 0 Å². The van der Waals surface area contributed by atoms with E-state index in [1.807, 2.05) is 12.1 Å². The quantitative estimate of drug-likeness (QED) is 0.619. The molecule has 1 aromatic carbocycles. The average molecular weight is 439 g/mol. The fraction of sp³-hybridized carbons (Fsp3) is 0.211. The number of rotatable bonds is 4. The second kappa shape index (κ2) is 7.52. The van der Waals surface area contributed by atoms with Crippen LogP contribution in [0.15, 0.2) is 47.5 Å². The molecular weight excluding hydrogens is 425 g/mol. The minimum Gasteiger partial charge on any atom is -0.454 e. The van der Waals surface area contributed by atoms with Gasteiger partial charge < -0.3 is 14.4 Å². The van der Waals surface area contributed by atoms with Crippen LogP contribution in [0.1, 0.15) is 11.1 Å². The molecule has 30 heavy (non-hydrogen) atoms. The van der Waals surface area contributed by atoms with E-state index in [4.69, 9.17) is 21.1 Å². The molecule has 0 spiro atoms. The predicted octanol–water partition coefficient (Wildman–Crippen LogP) is 3.66. The normalized spacial score (nSPS) is 12.8. The van der Waals surface area contributed by atoms with Gasteiger partial charge in [0.25, 0.3) is 5.56 Å². The minimum absolute atomic E-state index is 0.0696. The zero-order valence-electron chi connectivity index (χ0n) is 15.5. The van der Waals surface area contributed by atoms with E-state index in [9.17, 15) is 18.0 Å². The Balaban J connectivity index is 1.58. The van der Waals surface area contributed by atoms with Gasteiger partial charge in [0.15, 0.2) is 17.3 Å². The third kappa shape index (κ3) is 3.78. The molecule has 2 aromatic heterocycles. The van der Waals surface area contributed by atoms with Gasteiger partial charge in [0.1, 0.15) is 5.02 Å². The molecule has 0 N–H and O–H groups in total. The number of aromatic nitrogens is 3. The van der Waals surface area contributed by atoms with Crippen molar-refractivity contribution in [3.8, 4) is 17.3 Å². The van der Waals surface area contributed by atoms with Crippen LogP contribution in [0.5, 0.6) is 11.5 Å². The zero-order chi connectivity index (χ0) is 21.5. The Morgan fingerprint density at radius 3 is 2.63 bits per heavy atom. The van der Waals surface area contributed by atoms with Gasteiger partial charge in [-0.05, 0) is 29.8 Å². The zero-order valence-corrected chi connectivity index (χ0v) is 16.2. The van der Waals surface area contributed by atoms with Gasteiger partial charge >= 0.3 is 6.18 Å². The van der Waals surface area contributed by atoms with Crippen molar-refractivity contribution in [1.82, 2.24) is 14.8 Å². The first-order chi connectivity index (χ1) is 14.2. The highest BCUT2D eigenvalue weighted by Crippen LogP contribution is 2.33. The molecule has 0 saturated heterocycles. The van der Waals surface area contributed by atoms with Crippen molar-refractivity contribution in [3.05, 3.63) is 69.2 Å². The van der Waals surface area contributed by atoms with Crippen LogP contribution >= 0.6 is 11.6 Å². The number of ether oxygens (including phenoxy) is 2. The number of fused-ring (bicyclic) bond motifs is 1. The van der Waals surface area contributed by atoms with Gasteiger partial charge in [-0.15, -0.1) is 0 Å². The lowest BCUT2D eigenvalue weighted by atomic mass is 10.2. The van der Waals surface area contributed by atoms with Crippen LogP contribution in [0, 0.1) is 0 Å². The minimum atomic E-state index is -4.52. The van der Waals surface area contributed by atoms with Crippen molar-refractivity contribution < 1.29 is 22.6 Å². The van der Waals surface area contributed by atoms with Gasteiger partial charge in [-0.1, -0.05) is 17.7 Å². The average Bonchev–Trinajstić information content (AvgIpc) is 3.17. The Kier molecular flexibility index (Phi) is 5.02. The molecule has 4 rings (SSSR count). The summed E-state index contributed by atoms with van der Waals surface area (Å²) in [6, 6.07) is 7.36. The molecule has 0 bridgehead atoms. The van der Waals surface area contributed by atoms with E-state index >= 15 is 0 Å². The predicted molar refractivity (Wildman–Crippen MR) is 102 cm³/mol. The Hall–Kier alpha value is -3.27. The number of anilines is 1. The molecule has 156 valence electrons. The number of benzene rings is 1. The van der Waals surface area contributed by atoms with Gasteiger partial charge in [-0.2, -0.15) is 23.0 Å².